The zero-order valence-electron chi connectivity index (χ0n) is 15.8. The van der Waals surface area contributed by atoms with E-state index in [0.717, 1.165) is 22.2 Å². The molecule has 0 saturated carbocycles. The molecule has 28 heavy (non-hydrogen) atoms. The summed E-state index contributed by atoms with van der Waals surface area (Å²) in [7, 11) is 0. The van der Waals surface area contributed by atoms with Gasteiger partial charge in [0.2, 0.25) is 0 Å². The Bertz CT molecular complexity index is 945. The van der Waals surface area contributed by atoms with Gasteiger partial charge in [-0.05, 0) is 37.1 Å². The van der Waals surface area contributed by atoms with Crippen LogP contribution in [0.4, 0.5) is 4.79 Å². The van der Waals surface area contributed by atoms with Crippen LogP contribution in [0.2, 0.25) is 5.02 Å². The van der Waals surface area contributed by atoms with E-state index in [1.807, 2.05) is 54.8 Å². The fourth-order valence-electron chi connectivity index (χ4n) is 2.68. The molecule has 0 aliphatic carbocycles. The van der Waals surface area contributed by atoms with E-state index in [0.29, 0.717) is 17.4 Å². The van der Waals surface area contributed by atoms with E-state index in [1.165, 1.54) is 5.56 Å². The van der Waals surface area contributed by atoms with Crippen LogP contribution in [0.3, 0.4) is 0 Å². The van der Waals surface area contributed by atoms with Crippen LogP contribution in [0.25, 0.3) is 5.69 Å². The molecular weight excluding hydrogens is 394 g/mol. The Hall–Kier alpha value is -2.51. The van der Waals surface area contributed by atoms with Crippen LogP contribution in [-0.2, 0) is 12.3 Å². The molecule has 6 nitrogen and oxygen atoms in total. The quantitative estimate of drug-likeness (QED) is 0.563. The Morgan fingerprint density at radius 3 is 2.68 bits per heavy atom. The Labute approximate surface area is 173 Å². The third-order valence-electron chi connectivity index (χ3n) is 4.07. The average molecular weight is 416 g/mol. The van der Waals surface area contributed by atoms with E-state index < -0.39 is 0 Å². The molecule has 0 bridgehead atoms. The highest BCUT2D eigenvalue weighted by atomic mass is 35.5. The van der Waals surface area contributed by atoms with Crippen molar-refractivity contribution < 1.29 is 4.79 Å². The number of rotatable bonds is 7. The number of amides is 2. The largest absolute Gasteiger partial charge is 0.338 e. The number of carbonyl (C=O) groups is 1. The highest BCUT2D eigenvalue weighted by molar-refractivity contribution is 7.98. The minimum absolute atomic E-state index is 0.238. The van der Waals surface area contributed by atoms with Crippen LogP contribution in [0, 0.1) is 6.92 Å². The molecule has 0 radical (unpaired) electrons. The molecule has 2 aromatic carbocycles. The first kappa shape index (κ1) is 20.2. The van der Waals surface area contributed by atoms with E-state index in [9.17, 15) is 4.79 Å². The molecule has 8 heteroatoms. The first-order valence-corrected chi connectivity index (χ1v) is 10.3. The summed E-state index contributed by atoms with van der Waals surface area (Å²) in [6, 6.07) is 15.7. The van der Waals surface area contributed by atoms with Crippen molar-refractivity contribution in [2.45, 2.75) is 31.3 Å². The third kappa shape index (κ3) is 5.05. The van der Waals surface area contributed by atoms with Crippen molar-refractivity contribution in [3.05, 3.63) is 70.5 Å². The number of halogens is 1. The van der Waals surface area contributed by atoms with Crippen molar-refractivity contribution in [1.82, 2.24) is 25.4 Å². The van der Waals surface area contributed by atoms with E-state index in [1.54, 1.807) is 11.8 Å². The Kier molecular flexibility index (Phi) is 6.95. The lowest BCUT2D eigenvalue weighted by Gasteiger charge is -2.14. The summed E-state index contributed by atoms with van der Waals surface area (Å²) in [6.07, 6.45) is 0. The predicted octanol–water partition coefficient (Wildman–Crippen LogP) is 4.34. The molecule has 0 fully saturated rings. The molecule has 3 rings (SSSR count). The highest BCUT2D eigenvalue weighted by Gasteiger charge is 2.17. The SMILES string of the molecule is CCNC(=O)NCc1nnc(SCc2ccccc2)n1-c1cc(Cl)ccc1C. The first-order chi connectivity index (χ1) is 13.6. The van der Waals surface area contributed by atoms with Crippen LogP contribution >= 0.6 is 23.4 Å². The summed E-state index contributed by atoms with van der Waals surface area (Å²) in [5.41, 5.74) is 3.15. The Morgan fingerprint density at radius 2 is 1.93 bits per heavy atom. The molecule has 146 valence electrons. The van der Waals surface area contributed by atoms with Gasteiger partial charge in [-0.2, -0.15) is 0 Å². The van der Waals surface area contributed by atoms with Crippen LogP contribution in [-0.4, -0.2) is 27.3 Å². The van der Waals surface area contributed by atoms with Gasteiger partial charge < -0.3 is 10.6 Å². The maximum Gasteiger partial charge on any atom is 0.315 e. The lowest BCUT2D eigenvalue weighted by Crippen LogP contribution is -2.35. The molecule has 2 amide bonds. The number of nitrogens with zero attached hydrogens (tertiary/aromatic N) is 3. The number of carbonyl (C=O) groups excluding carboxylic acids is 1. The van der Waals surface area contributed by atoms with Gasteiger partial charge in [-0.3, -0.25) is 4.57 Å². The maximum atomic E-state index is 11.8. The second kappa shape index (κ2) is 9.61. The lowest BCUT2D eigenvalue weighted by atomic mass is 10.2. The standard InChI is InChI=1S/C20H22ClN5OS/c1-3-22-19(27)23-12-18-24-25-20(28-13-15-7-5-4-6-8-15)26(18)17-11-16(21)10-9-14(17)2/h4-11H,3,12-13H2,1-2H3,(H2,22,23,27). The maximum absolute atomic E-state index is 11.8. The molecule has 2 N–H and O–H groups in total. The summed E-state index contributed by atoms with van der Waals surface area (Å²) in [6.45, 7) is 4.70. The molecule has 1 aromatic heterocycles. The first-order valence-electron chi connectivity index (χ1n) is 8.97. The normalized spacial score (nSPS) is 10.7. The van der Waals surface area contributed by atoms with E-state index in [2.05, 4.69) is 33.0 Å². The summed E-state index contributed by atoms with van der Waals surface area (Å²) < 4.78 is 1.96. The minimum Gasteiger partial charge on any atom is -0.338 e. The summed E-state index contributed by atoms with van der Waals surface area (Å²) in [5, 5.41) is 15.6. The molecule has 3 aromatic rings. The van der Waals surface area contributed by atoms with E-state index in [-0.39, 0.29) is 12.6 Å². The molecule has 0 aliphatic rings. The number of hydrogen-bond donors (Lipinski definition) is 2. The van der Waals surface area contributed by atoms with Gasteiger partial charge >= 0.3 is 6.03 Å². The van der Waals surface area contributed by atoms with Crippen LogP contribution < -0.4 is 10.6 Å². The van der Waals surface area contributed by atoms with Crippen molar-refractivity contribution in [3.63, 3.8) is 0 Å². The van der Waals surface area contributed by atoms with E-state index in [4.69, 9.17) is 11.6 Å². The van der Waals surface area contributed by atoms with Crippen LogP contribution in [0.1, 0.15) is 23.9 Å². The second-order valence-electron chi connectivity index (χ2n) is 6.15. The number of thioether (sulfide) groups is 1. The van der Waals surface area contributed by atoms with Crippen molar-refractivity contribution in [2.24, 2.45) is 0 Å². The number of aryl methyl sites for hydroxylation is 1. The fraction of sp³-hybridized carbons (Fsp3) is 0.250. The van der Waals surface area contributed by atoms with Crippen molar-refractivity contribution in [1.29, 1.82) is 0 Å². The number of hydrogen-bond acceptors (Lipinski definition) is 4. The lowest BCUT2D eigenvalue weighted by molar-refractivity contribution is 0.240. The zero-order chi connectivity index (χ0) is 19.9. The number of nitrogens with one attached hydrogen (secondary N) is 2. The van der Waals surface area contributed by atoms with Gasteiger partial charge in [0.25, 0.3) is 0 Å². The number of aromatic nitrogens is 3. The van der Waals surface area contributed by atoms with Crippen molar-refractivity contribution >= 4 is 29.4 Å². The Morgan fingerprint density at radius 1 is 1.14 bits per heavy atom. The van der Waals surface area contributed by atoms with Crippen molar-refractivity contribution in [3.8, 4) is 5.69 Å². The molecule has 0 saturated heterocycles. The van der Waals surface area contributed by atoms with Gasteiger partial charge in [0.1, 0.15) is 0 Å². The Balaban J connectivity index is 1.90. The summed E-state index contributed by atoms with van der Waals surface area (Å²) >= 11 is 7.83. The molecule has 0 atom stereocenters. The number of urea groups is 1. The summed E-state index contributed by atoms with van der Waals surface area (Å²) in [4.78, 5) is 11.8. The molecule has 0 spiro atoms. The average Bonchev–Trinajstić information content (AvgIpc) is 3.10. The van der Waals surface area contributed by atoms with Crippen LogP contribution in [0.15, 0.2) is 53.7 Å². The van der Waals surface area contributed by atoms with Crippen LogP contribution in [0.5, 0.6) is 0 Å². The monoisotopic (exact) mass is 415 g/mol. The van der Waals surface area contributed by atoms with Gasteiger partial charge in [0.15, 0.2) is 11.0 Å². The molecule has 1 heterocycles. The van der Waals surface area contributed by atoms with Gasteiger partial charge in [-0.15, -0.1) is 10.2 Å². The van der Waals surface area contributed by atoms with E-state index >= 15 is 0 Å². The van der Waals surface area contributed by atoms with Gasteiger partial charge in [-0.25, -0.2) is 4.79 Å². The van der Waals surface area contributed by atoms with Crippen molar-refractivity contribution in [2.75, 3.05) is 6.54 Å². The smallest absolute Gasteiger partial charge is 0.315 e. The van der Waals surface area contributed by atoms with Gasteiger partial charge in [0, 0.05) is 17.3 Å². The zero-order valence-corrected chi connectivity index (χ0v) is 17.3. The second-order valence-corrected chi connectivity index (χ2v) is 7.53. The van der Waals surface area contributed by atoms with Gasteiger partial charge in [0.05, 0.1) is 12.2 Å². The predicted molar refractivity (Wildman–Crippen MR) is 113 cm³/mol. The third-order valence-corrected chi connectivity index (χ3v) is 5.30. The fourth-order valence-corrected chi connectivity index (χ4v) is 3.76. The molecular formula is C20H22ClN5OS. The molecule has 0 unspecified atom stereocenters. The summed E-state index contributed by atoms with van der Waals surface area (Å²) in [5.74, 6) is 1.41. The molecule has 0 aliphatic heterocycles. The number of benzene rings is 2. The highest BCUT2D eigenvalue weighted by Crippen LogP contribution is 2.28. The topological polar surface area (TPSA) is 71.8 Å². The van der Waals surface area contributed by atoms with Gasteiger partial charge in [-0.1, -0.05) is 59.8 Å². The minimum atomic E-state index is -0.238.